The van der Waals surface area contributed by atoms with Crippen LogP contribution in [0.4, 0.5) is 0 Å². The summed E-state index contributed by atoms with van der Waals surface area (Å²) in [6.45, 7) is 1.89. The van der Waals surface area contributed by atoms with E-state index in [0.717, 1.165) is 11.3 Å². The Bertz CT molecular complexity index is 678. The van der Waals surface area contributed by atoms with E-state index in [0.29, 0.717) is 18.4 Å². The molecule has 1 aliphatic rings. The van der Waals surface area contributed by atoms with Crippen molar-refractivity contribution < 1.29 is 18.7 Å². The lowest BCUT2D eigenvalue weighted by Gasteiger charge is -2.25. The highest BCUT2D eigenvalue weighted by molar-refractivity contribution is 5.95. The molecule has 0 unspecified atom stereocenters. The molecule has 2 atom stereocenters. The zero-order valence-corrected chi connectivity index (χ0v) is 12.2. The number of furan rings is 1. The minimum atomic E-state index is -0.776. The van der Waals surface area contributed by atoms with Crippen molar-refractivity contribution in [2.24, 2.45) is 0 Å². The average Bonchev–Trinajstić information content (AvgIpc) is 3.00. The van der Waals surface area contributed by atoms with Gasteiger partial charge in [-0.05, 0) is 30.7 Å². The number of fused-ring (bicyclic) bond motifs is 1. The Hall–Kier alpha value is -2.56. The lowest BCUT2D eigenvalue weighted by molar-refractivity contribution is -0.130. The van der Waals surface area contributed by atoms with Gasteiger partial charge in [0.1, 0.15) is 5.76 Å². The van der Waals surface area contributed by atoms with Crippen LogP contribution in [-0.2, 0) is 22.4 Å². The summed E-state index contributed by atoms with van der Waals surface area (Å²) < 4.78 is 10.5. The van der Waals surface area contributed by atoms with E-state index >= 15 is 0 Å². The van der Waals surface area contributed by atoms with Gasteiger partial charge in [0.05, 0.1) is 11.8 Å². The summed E-state index contributed by atoms with van der Waals surface area (Å²) in [6, 6.07) is 10.8. The van der Waals surface area contributed by atoms with E-state index in [-0.39, 0.29) is 11.9 Å². The number of rotatable bonds is 4. The van der Waals surface area contributed by atoms with Crippen molar-refractivity contribution in [1.82, 2.24) is 5.32 Å². The summed E-state index contributed by atoms with van der Waals surface area (Å²) in [5, 5.41) is 2.86. The first-order chi connectivity index (χ1) is 10.6. The summed E-state index contributed by atoms with van der Waals surface area (Å²) in [4.78, 5) is 24.2. The summed E-state index contributed by atoms with van der Waals surface area (Å²) in [7, 11) is 0. The van der Waals surface area contributed by atoms with Gasteiger partial charge in [-0.3, -0.25) is 4.79 Å². The summed E-state index contributed by atoms with van der Waals surface area (Å²) in [5.41, 5.74) is 1.38. The molecule has 0 bridgehead atoms. The number of amides is 1. The number of nitrogens with one attached hydrogen (secondary N) is 1. The molecule has 0 aliphatic carbocycles. The summed E-state index contributed by atoms with van der Waals surface area (Å²) in [6.07, 6.45) is 1.82. The molecular weight excluding hydrogens is 282 g/mol. The monoisotopic (exact) mass is 299 g/mol. The molecule has 114 valence electrons. The fourth-order valence-corrected chi connectivity index (χ4v) is 2.60. The SMILES string of the molecule is C[C@H](Cc1ccco1)NC(=O)[C@H]1Cc2ccccc2C(=O)O1. The molecule has 5 nitrogen and oxygen atoms in total. The zero-order valence-electron chi connectivity index (χ0n) is 12.2. The molecule has 0 radical (unpaired) electrons. The standard InChI is InChI=1S/C17H17NO4/c1-11(9-13-6-4-8-21-13)18-16(19)15-10-12-5-2-3-7-14(12)17(20)22-15/h2-8,11,15H,9-10H2,1H3,(H,18,19)/t11-,15-/m1/s1. The van der Waals surface area contributed by atoms with Crippen LogP contribution in [0.3, 0.4) is 0 Å². The van der Waals surface area contributed by atoms with Crippen LogP contribution < -0.4 is 5.32 Å². The third-order valence-corrected chi connectivity index (χ3v) is 3.66. The van der Waals surface area contributed by atoms with Crippen LogP contribution in [0, 0.1) is 0 Å². The number of carbonyl (C=O) groups excluding carboxylic acids is 2. The van der Waals surface area contributed by atoms with E-state index < -0.39 is 12.1 Å². The molecule has 0 fully saturated rings. The fourth-order valence-electron chi connectivity index (χ4n) is 2.60. The van der Waals surface area contributed by atoms with Gasteiger partial charge in [-0.1, -0.05) is 18.2 Å². The maximum absolute atomic E-state index is 12.3. The maximum atomic E-state index is 12.3. The van der Waals surface area contributed by atoms with Gasteiger partial charge in [-0.2, -0.15) is 0 Å². The van der Waals surface area contributed by atoms with Crippen molar-refractivity contribution in [3.63, 3.8) is 0 Å². The number of esters is 1. The van der Waals surface area contributed by atoms with Gasteiger partial charge >= 0.3 is 5.97 Å². The second-order valence-electron chi connectivity index (χ2n) is 5.45. The van der Waals surface area contributed by atoms with Crippen LogP contribution in [0.2, 0.25) is 0 Å². The van der Waals surface area contributed by atoms with E-state index in [2.05, 4.69) is 5.32 Å². The topological polar surface area (TPSA) is 68.5 Å². The van der Waals surface area contributed by atoms with Crippen LogP contribution in [-0.4, -0.2) is 24.0 Å². The Morgan fingerprint density at radius 2 is 2.14 bits per heavy atom. The third kappa shape index (κ3) is 3.03. The highest BCUT2D eigenvalue weighted by Gasteiger charge is 2.31. The third-order valence-electron chi connectivity index (χ3n) is 3.66. The van der Waals surface area contributed by atoms with E-state index in [9.17, 15) is 9.59 Å². The normalized spacial score (nSPS) is 18.2. The predicted molar refractivity (Wildman–Crippen MR) is 79.4 cm³/mol. The van der Waals surface area contributed by atoms with Crippen LogP contribution in [0.1, 0.15) is 28.6 Å². The van der Waals surface area contributed by atoms with Crippen molar-refractivity contribution in [3.8, 4) is 0 Å². The molecule has 0 saturated heterocycles. The Labute approximate surface area is 128 Å². The minimum Gasteiger partial charge on any atom is -0.469 e. The molecule has 1 aromatic heterocycles. The number of hydrogen-bond acceptors (Lipinski definition) is 4. The second-order valence-corrected chi connectivity index (χ2v) is 5.45. The van der Waals surface area contributed by atoms with E-state index in [4.69, 9.17) is 9.15 Å². The van der Waals surface area contributed by atoms with Crippen LogP contribution >= 0.6 is 0 Å². The molecule has 1 aliphatic heterocycles. The Morgan fingerprint density at radius 3 is 2.91 bits per heavy atom. The quantitative estimate of drug-likeness (QED) is 0.878. The summed E-state index contributed by atoms with van der Waals surface area (Å²) >= 11 is 0. The van der Waals surface area contributed by atoms with E-state index in [1.54, 1.807) is 18.4 Å². The van der Waals surface area contributed by atoms with Gasteiger partial charge in [0.2, 0.25) is 0 Å². The van der Waals surface area contributed by atoms with E-state index in [1.165, 1.54) is 0 Å². The predicted octanol–water partition coefficient (Wildman–Crippen LogP) is 2.11. The van der Waals surface area contributed by atoms with Gasteiger partial charge in [0.15, 0.2) is 6.10 Å². The van der Waals surface area contributed by atoms with E-state index in [1.807, 2.05) is 31.2 Å². The number of carbonyl (C=O) groups is 2. The lowest BCUT2D eigenvalue weighted by Crippen LogP contribution is -2.45. The molecule has 2 aromatic rings. The Balaban J connectivity index is 1.62. The first kappa shape index (κ1) is 14.4. The Kier molecular flexibility index (Phi) is 3.96. The van der Waals surface area contributed by atoms with Gasteiger partial charge in [-0.25, -0.2) is 4.79 Å². The molecule has 0 spiro atoms. The Morgan fingerprint density at radius 1 is 1.32 bits per heavy atom. The smallest absolute Gasteiger partial charge is 0.339 e. The van der Waals surface area contributed by atoms with Gasteiger partial charge < -0.3 is 14.5 Å². The molecule has 0 saturated carbocycles. The van der Waals surface area contributed by atoms with Crippen LogP contribution in [0.25, 0.3) is 0 Å². The van der Waals surface area contributed by atoms with Crippen molar-refractivity contribution in [2.75, 3.05) is 0 Å². The van der Waals surface area contributed by atoms with Crippen molar-refractivity contribution >= 4 is 11.9 Å². The molecule has 22 heavy (non-hydrogen) atoms. The first-order valence-electron chi connectivity index (χ1n) is 7.25. The summed E-state index contributed by atoms with van der Waals surface area (Å²) in [5.74, 6) is 0.0846. The number of cyclic esters (lactones) is 1. The van der Waals surface area contributed by atoms with Crippen molar-refractivity contribution in [3.05, 3.63) is 59.5 Å². The van der Waals surface area contributed by atoms with Crippen LogP contribution in [0.5, 0.6) is 0 Å². The molecule has 5 heteroatoms. The van der Waals surface area contributed by atoms with Crippen LogP contribution in [0.15, 0.2) is 47.1 Å². The van der Waals surface area contributed by atoms with Gasteiger partial charge in [0, 0.05) is 18.9 Å². The number of hydrogen-bond donors (Lipinski definition) is 1. The second kappa shape index (κ2) is 6.05. The molecular formula is C17H17NO4. The molecule has 2 heterocycles. The van der Waals surface area contributed by atoms with Gasteiger partial charge in [0.25, 0.3) is 5.91 Å². The van der Waals surface area contributed by atoms with Crippen molar-refractivity contribution in [2.45, 2.75) is 31.9 Å². The minimum absolute atomic E-state index is 0.102. The number of benzene rings is 1. The maximum Gasteiger partial charge on any atom is 0.339 e. The fraction of sp³-hybridized carbons (Fsp3) is 0.294. The number of ether oxygens (including phenoxy) is 1. The highest BCUT2D eigenvalue weighted by atomic mass is 16.5. The molecule has 1 amide bonds. The molecule has 1 N–H and O–H groups in total. The first-order valence-corrected chi connectivity index (χ1v) is 7.25. The average molecular weight is 299 g/mol. The highest BCUT2D eigenvalue weighted by Crippen LogP contribution is 2.20. The zero-order chi connectivity index (χ0) is 15.5. The molecule has 1 aromatic carbocycles. The van der Waals surface area contributed by atoms with Gasteiger partial charge in [-0.15, -0.1) is 0 Å². The molecule has 3 rings (SSSR count). The lowest BCUT2D eigenvalue weighted by atomic mass is 9.98. The largest absolute Gasteiger partial charge is 0.469 e. The van der Waals surface area contributed by atoms with Crippen molar-refractivity contribution in [1.29, 1.82) is 0 Å².